The van der Waals surface area contributed by atoms with Crippen molar-refractivity contribution in [3.05, 3.63) is 81.8 Å². The Morgan fingerprint density at radius 2 is 1.44 bits per heavy atom. The van der Waals surface area contributed by atoms with Crippen LogP contribution in [0.3, 0.4) is 0 Å². The lowest BCUT2D eigenvalue weighted by atomic mass is 9.96. The van der Waals surface area contributed by atoms with Crippen LogP contribution in [0.4, 0.5) is 39.5 Å². The normalized spacial score (nSPS) is 12.4. The maximum Gasteiger partial charge on any atom is 0.416 e. The number of nitrogens with two attached hydrogens (primary N) is 1. The lowest BCUT2D eigenvalue weighted by molar-refractivity contribution is -0.143. The summed E-state index contributed by atoms with van der Waals surface area (Å²) in [6.45, 7) is 4.25. The first-order chi connectivity index (χ1) is 19.9. The Balaban J connectivity index is 0.00000316. The van der Waals surface area contributed by atoms with Gasteiger partial charge in [0.15, 0.2) is 0 Å². The van der Waals surface area contributed by atoms with Gasteiger partial charge in [-0.2, -0.15) is 39.5 Å². The second kappa shape index (κ2) is 13.7. The van der Waals surface area contributed by atoms with Gasteiger partial charge in [0.05, 0.1) is 22.4 Å². The number of carbonyl (C=O) groups is 1. The molecule has 3 rings (SSSR count). The summed E-state index contributed by atoms with van der Waals surface area (Å²) in [5.74, 6) is -0.0591. The summed E-state index contributed by atoms with van der Waals surface area (Å²) >= 11 is 0. The monoisotopic (exact) mass is 622 g/mol. The molecule has 0 aliphatic heterocycles. The standard InChI is InChI=1S/C26H25F9N6.CH2O/c1-4-16-11-38-14(2)39-22(16)21-6-5-18(24(27,28)29)9-17(21)13-41(23(36)40-37-3)12-15-7-19(25(30,31)32)10-20(8-15)26(33,34)35;1-2/h5-11,37H,4,12-13H2,1-3H3,(H2,36,40);1H2. The molecule has 43 heavy (non-hydrogen) atoms. The zero-order valence-electron chi connectivity index (χ0n) is 23.0. The Kier molecular flexibility index (Phi) is 11.1. The molecule has 0 spiro atoms. The Bertz CT molecular complexity index is 1400. The number of rotatable bonds is 7. The quantitative estimate of drug-likeness (QED) is 0.138. The van der Waals surface area contributed by atoms with Gasteiger partial charge in [0, 0.05) is 31.9 Å². The number of hydrogen-bond donors (Lipinski definition) is 2. The second-order valence-electron chi connectivity index (χ2n) is 8.98. The van der Waals surface area contributed by atoms with Crippen molar-refractivity contribution < 1.29 is 44.3 Å². The fraction of sp³-hybridized carbons (Fsp3) is 0.333. The summed E-state index contributed by atoms with van der Waals surface area (Å²) in [5.41, 5.74) is 4.97. The molecule has 16 heteroatoms. The highest BCUT2D eigenvalue weighted by Gasteiger charge is 2.37. The maximum atomic E-state index is 13.7. The van der Waals surface area contributed by atoms with Gasteiger partial charge in [0.25, 0.3) is 0 Å². The van der Waals surface area contributed by atoms with Gasteiger partial charge in [-0.3, -0.25) is 0 Å². The van der Waals surface area contributed by atoms with Crippen molar-refractivity contribution in [3.8, 4) is 11.3 Å². The molecule has 0 saturated carbocycles. The predicted molar refractivity (Wildman–Crippen MR) is 140 cm³/mol. The van der Waals surface area contributed by atoms with E-state index in [0.29, 0.717) is 35.6 Å². The SMILES string of the molecule is C=O.CCc1cnc(C)nc1-c1ccc(C(F)(F)F)cc1CN(Cc1cc(C(F)(F)F)cc(C(F)(F)F)c1)/C(N)=N/NC. The van der Waals surface area contributed by atoms with Gasteiger partial charge in [-0.15, -0.1) is 5.10 Å². The van der Waals surface area contributed by atoms with Gasteiger partial charge in [-0.25, -0.2) is 9.97 Å². The van der Waals surface area contributed by atoms with E-state index in [1.54, 1.807) is 13.8 Å². The number of guanidine groups is 1. The molecule has 1 heterocycles. The summed E-state index contributed by atoms with van der Waals surface area (Å²) in [6.07, 6.45) is -13.0. The molecule has 0 bridgehead atoms. The molecule has 234 valence electrons. The number of alkyl halides is 9. The van der Waals surface area contributed by atoms with E-state index in [0.717, 1.165) is 17.0 Å². The Hall–Kier alpha value is -4.37. The first-order valence-electron chi connectivity index (χ1n) is 12.3. The fourth-order valence-corrected chi connectivity index (χ4v) is 4.06. The summed E-state index contributed by atoms with van der Waals surface area (Å²) < 4.78 is 122. The molecule has 0 aliphatic rings. The van der Waals surface area contributed by atoms with Crippen molar-refractivity contribution in [1.29, 1.82) is 0 Å². The van der Waals surface area contributed by atoms with E-state index < -0.39 is 59.8 Å². The zero-order valence-corrected chi connectivity index (χ0v) is 23.0. The van der Waals surface area contributed by atoms with Gasteiger partial charge in [-0.05, 0) is 60.4 Å². The van der Waals surface area contributed by atoms with Crippen LogP contribution >= 0.6 is 0 Å². The van der Waals surface area contributed by atoms with Crippen LogP contribution in [-0.2, 0) is 42.8 Å². The van der Waals surface area contributed by atoms with Crippen molar-refractivity contribution >= 4 is 12.7 Å². The van der Waals surface area contributed by atoms with E-state index in [1.165, 1.54) is 19.3 Å². The largest absolute Gasteiger partial charge is 0.416 e. The van der Waals surface area contributed by atoms with Crippen molar-refractivity contribution in [2.75, 3.05) is 7.05 Å². The summed E-state index contributed by atoms with van der Waals surface area (Å²) in [6, 6.07) is 3.91. The fourth-order valence-electron chi connectivity index (χ4n) is 4.06. The van der Waals surface area contributed by atoms with E-state index in [1.807, 2.05) is 6.79 Å². The second-order valence-corrected chi connectivity index (χ2v) is 8.98. The number of nitrogens with zero attached hydrogens (tertiary/aromatic N) is 4. The minimum Gasteiger partial charge on any atom is -0.368 e. The Morgan fingerprint density at radius 1 is 0.884 bits per heavy atom. The molecule has 0 radical (unpaired) electrons. The van der Waals surface area contributed by atoms with E-state index in [2.05, 4.69) is 20.5 Å². The third-order valence-corrected chi connectivity index (χ3v) is 5.99. The number of carbonyl (C=O) groups excluding carboxylic acids is 1. The summed E-state index contributed by atoms with van der Waals surface area (Å²) in [4.78, 5) is 17.6. The minimum atomic E-state index is -5.10. The molecular formula is C27H27F9N6O. The zero-order chi connectivity index (χ0) is 32.8. The average Bonchev–Trinajstić information content (AvgIpc) is 2.92. The third kappa shape index (κ3) is 9.06. The number of hydrogen-bond acceptors (Lipinski definition) is 5. The van der Waals surface area contributed by atoms with E-state index >= 15 is 0 Å². The molecule has 3 aromatic rings. The van der Waals surface area contributed by atoms with Crippen LogP contribution in [-0.4, -0.2) is 34.7 Å². The number of aryl methyl sites for hydroxylation is 2. The van der Waals surface area contributed by atoms with E-state index in [4.69, 9.17) is 10.5 Å². The average molecular weight is 623 g/mol. The summed E-state index contributed by atoms with van der Waals surface area (Å²) in [7, 11) is 1.34. The molecule has 0 saturated heterocycles. The number of aromatic nitrogens is 2. The van der Waals surface area contributed by atoms with Gasteiger partial charge in [-0.1, -0.05) is 13.0 Å². The molecule has 7 nitrogen and oxygen atoms in total. The molecule has 2 aromatic carbocycles. The molecular weight excluding hydrogens is 595 g/mol. The molecule has 0 fully saturated rings. The number of hydrazone groups is 1. The van der Waals surface area contributed by atoms with Gasteiger partial charge >= 0.3 is 18.5 Å². The van der Waals surface area contributed by atoms with Crippen LogP contribution in [0.5, 0.6) is 0 Å². The van der Waals surface area contributed by atoms with Crippen LogP contribution in [0, 0.1) is 6.92 Å². The van der Waals surface area contributed by atoms with Crippen LogP contribution in [0.15, 0.2) is 47.7 Å². The highest BCUT2D eigenvalue weighted by atomic mass is 19.4. The lowest BCUT2D eigenvalue weighted by Gasteiger charge is -2.26. The lowest BCUT2D eigenvalue weighted by Crippen LogP contribution is -2.38. The van der Waals surface area contributed by atoms with Gasteiger partial charge in [0.2, 0.25) is 5.96 Å². The molecule has 0 atom stereocenters. The van der Waals surface area contributed by atoms with Crippen molar-refractivity contribution in [2.45, 2.75) is 51.9 Å². The molecule has 0 aliphatic carbocycles. The smallest absolute Gasteiger partial charge is 0.368 e. The topological polar surface area (TPSA) is 96.5 Å². The molecule has 0 unspecified atom stereocenters. The first-order valence-corrected chi connectivity index (χ1v) is 12.3. The Morgan fingerprint density at radius 3 is 1.93 bits per heavy atom. The van der Waals surface area contributed by atoms with Crippen LogP contribution < -0.4 is 11.2 Å². The maximum absolute atomic E-state index is 13.7. The minimum absolute atomic E-state index is 0.00454. The number of halogens is 9. The summed E-state index contributed by atoms with van der Waals surface area (Å²) in [5, 5.41) is 3.76. The number of benzene rings is 2. The van der Waals surface area contributed by atoms with Crippen molar-refractivity contribution in [2.24, 2.45) is 10.8 Å². The highest BCUT2D eigenvalue weighted by Crippen LogP contribution is 2.38. The number of nitrogens with one attached hydrogen (secondary N) is 1. The van der Waals surface area contributed by atoms with Crippen molar-refractivity contribution in [3.63, 3.8) is 0 Å². The Labute approximate surface area is 240 Å². The molecule has 1 aromatic heterocycles. The highest BCUT2D eigenvalue weighted by molar-refractivity contribution is 5.78. The van der Waals surface area contributed by atoms with E-state index in [-0.39, 0.29) is 17.2 Å². The van der Waals surface area contributed by atoms with E-state index in [9.17, 15) is 39.5 Å². The third-order valence-electron chi connectivity index (χ3n) is 5.99. The predicted octanol–water partition coefficient (Wildman–Crippen LogP) is 6.34. The van der Waals surface area contributed by atoms with Gasteiger partial charge < -0.3 is 20.9 Å². The van der Waals surface area contributed by atoms with Gasteiger partial charge in [0.1, 0.15) is 12.6 Å². The van der Waals surface area contributed by atoms with Crippen LogP contribution in [0.2, 0.25) is 0 Å². The van der Waals surface area contributed by atoms with Crippen molar-refractivity contribution in [1.82, 2.24) is 20.3 Å². The molecule has 3 N–H and O–H groups in total. The first kappa shape index (κ1) is 34.8. The van der Waals surface area contributed by atoms with Crippen LogP contribution in [0.1, 0.15) is 46.1 Å². The van der Waals surface area contributed by atoms with Crippen LogP contribution in [0.25, 0.3) is 11.3 Å². The molecule has 0 amide bonds.